The SMILES string of the molecule is CC(CN(C)C(=O)c1csc(-c2ccc(Cl)cc2)n1)C(=O)O. The summed E-state index contributed by atoms with van der Waals surface area (Å²) >= 11 is 7.21. The van der Waals surface area contributed by atoms with Crippen molar-refractivity contribution in [2.45, 2.75) is 6.92 Å². The highest BCUT2D eigenvalue weighted by molar-refractivity contribution is 7.13. The van der Waals surface area contributed by atoms with Gasteiger partial charge in [-0.2, -0.15) is 0 Å². The zero-order valence-electron chi connectivity index (χ0n) is 12.1. The third-order valence-corrected chi connectivity index (χ3v) is 4.27. The zero-order valence-corrected chi connectivity index (χ0v) is 13.7. The van der Waals surface area contributed by atoms with Crippen LogP contribution in [-0.4, -0.2) is 40.5 Å². The first-order valence-electron chi connectivity index (χ1n) is 6.58. The number of aromatic nitrogens is 1. The third-order valence-electron chi connectivity index (χ3n) is 3.13. The highest BCUT2D eigenvalue weighted by Crippen LogP contribution is 2.25. The van der Waals surface area contributed by atoms with Gasteiger partial charge in [0, 0.05) is 29.6 Å². The zero-order chi connectivity index (χ0) is 16.3. The molecule has 2 aromatic rings. The Morgan fingerprint density at radius 2 is 2.00 bits per heavy atom. The van der Waals surface area contributed by atoms with E-state index in [1.165, 1.54) is 16.2 Å². The fourth-order valence-corrected chi connectivity index (χ4v) is 2.79. The molecule has 2 rings (SSSR count). The molecule has 5 nitrogen and oxygen atoms in total. The third kappa shape index (κ3) is 3.84. The van der Waals surface area contributed by atoms with Crippen LogP contribution in [0.25, 0.3) is 10.6 Å². The standard InChI is InChI=1S/C15H15ClN2O3S/c1-9(15(20)21)7-18(2)14(19)12-8-22-13(17-12)10-3-5-11(16)6-4-10/h3-6,8-9H,7H2,1-2H3,(H,20,21). The van der Waals surface area contributed by atoms with Crippen molar-refractivity contribution in [1.82, 2.24) is 9.88 Å². The molecule has 0 saturated carbocycles. The lowest BCUT2D eigenvalue weighted by molar-refractivity contribution is -0.141. The van der Waals surface area contributed by atoms with E-state index in [4.69, 9.17) is 16.7 Å². The minimum Gasteiger partial charge on any atom is -0.481 e. The summed E-state index contributed by atoms with van der Waals surface area (Å²) in [5.74, 6) is -1.84. The molecule has 0 fully saturated rings. The average molecular weight is 339 g/mol. The van der Waals surface area contributed by atoms with Crippen LogP contribution < -0.4 is 0 Å². The minimum absolute atomic E-state index is 0.141. The topological polar surface area (TPSA) is 70.5 Å². The number of carbonyl (C=O) groups is 2. The maximum Gasteiger partial charge on any atom is 0.308 e. The molecule has 0 aliphatic carbocycles. The van der Waals surface area contributed by atoms with E-state index in [1.807, 2.05) is 12.1 Å². The summed E-state index contributed by atoms with van der Waals surface area (Å²) in [4.78, 5) is 28.8. The van der Waals surface area contributed by atoms with Gasteiger partial charge in [-0.15, -0.1) is 11.3 Å². The van der Waals surface area contributed by atoms with Gasteiger partial charge in [-0.05, 0) is 12.1 Å². The second-order valence-corrected chi connectivity index (χ2v) is 6.26. The first-order valence-corrected chi connectivity index (χ1v) is 7.84. The molecule has 0 saturated heterocycles. The van der Waals surface area contributed by atoms with Crippen LogP contribution in [0.5, 0.6) is 0 Å². The first kappa shape index (κ1) is 16.5. The van der Waals surface area contributed by atoms with Crippen LogP contribution in [0.2, 0.25) is 5.02 Å². The van der Waals surface area contributed by atoms with Crippen molar-refractivity contribution in [2.75, 3.05) is 13.6 Å². The van der Waals surface area contributed by atoms with Crippen molar-refractivity contribution in [3.8, 4) is 10.6 Å². The smallest absolute Gasteiger partial charge is 0.308 e. The number of benzene rings is 1. The van der Waals surface area contributed by atoms with Gasteiger partial charge in [-0.1, -0.05) is 30.7 Å². The molecule has 22 heavy (non-hydrogen) atoms. The Labute approximate surface area is 137 Å². The lowest BCUT2D eigenvalue weighted by atomic mass is 10.2. The Morgan fingerprint density at radius 1 is 1.36 bits per heavy atom. The number of nitrogens with zero attached hydrogens (tertiary/aromatic N) is 2. The average Bonchev–Trinajstić information content (AvgIpc) is 2.96. The molecule has 7 heteroatoms. The molecule has 0 spiro atoms. The Bertz CT molecular complexity index is 684. The Hall–Kier alpha value is -1.92. The van der Waals surface area contributed by atoms with Crippen LogP contribution >= 0.6 is 22.9 Å². The van der Waals surface area contributed by atoms with Gasteiger partial charge in [0.1, 0.15) is 10.7 Å². The van der Waals surface area contributed by atoms with E-state index in [-0.39, 0.29) is 12.5 Å². The number of thiazole rings is 1. The predicted octanol–water partition coefficient (Wildman–Crippen LogP) is 3.26. The maximum absolute atomic E-state index is 12.3. The van der Waals surface area contributed by atoms with Crippen molar-refractivity contribution in [3.05, 3.63) is 40.4 Å². The number of hydrogen-bond donors (Lipinski definition) is 1. The largest absolute Gasteiger partial charge is 0.481 e. The molecule has 1 aromatic carbocycles. The lowest BCUT2D eigenvalue weighted by Gasteiger charge is -2.18. The van der Waals surface area contributed by atoms with Crippen LogP contribution in [0.15, 0.2) is 29.6 Å². The van der Waals surface area contributed by atoms with E-state index in [9.17, 15) is 9.59 Å². The quantitative estimate of drug-likeness (QED) is 0.908. The Morgan fingerprint density at radius 3 is 2.59 bits per heavy atom. The van der Waals surface area contributed by atoms with Crippen LogP contribution in [0.4, 0.5) is 0 Å². The fraction of sp³-hybridized carbons (Fsp3) is 0.267. The fourth-order valence-electron chi connectivity index (χ4n) is 1.86. The first-order chi connectivity index (χ1) is 10.4. The van der Waals surface area contributed by atoms with E-state index >= 15 is 0 Å². The van der Waals surface area contributed by atoms with Gasteiger partial charge in [-0.3, -0.25) is 9.59 Å². The Kier molecular flexibility index (Phi) is 5.15. The van der Waals surface area contributed by atoms with E-state index < -0.39 is 11.9 Å². The lowest BCUT2D eigenvalue weighted by Crippen LogP contribution is -2.33. The molecule has 1 N–H and O–H groups in total. The highest BCUT2D eigenvalue weighted by Gasteiger charge is 2.20. The van der Waals surface area contributed by atoms with Gasteiger partial charge in [-0.25, -0.2) is 4.98 Å². The molecular formula is C15H15ClN2O3S. The summed E-state index contributed by atoms with van der Waals surface area (Å²) in [6.07, 6.45) is 0. The molecule has 0 radical (unpaired) electrons. The number of halogens is 1. The molecule has 116 valence electrons. The summed E-state index contributed by atoms with van der Waals surface area (Å²) in [5.41, 5.74) is 1.20. The molecule has 1 aromatic heterocycles. The number of carbonyl (C=O) groups excluding carboxylic acids is 1. The van der Waals surface area contributed by atoms with Gasteiger partial charge in [0.15, 0.2) is 0 Å². The van der Waals surface area contributed by atoms with E-state index in [0.29, 0.717) is 10.7 Å². The van der Waals surface area contributed by atoms with Crippen molar-refractivity contribution < 1.29 is 14.7 Å². The summed E-state index contributed by atoms with van der Waals surface area (Å²) in [6, 6.07) is 7.21. The number of rotatable bonds is 5. The molecule has 0 bridgehead atoms. The van der Waals surface area contributed by atoms with Gasteiger partial charge >= 0.3 is 5.97 Å². The van der Waals surface area contributed by atoms with E-state index in [0.717, 1.165) is 10.6 Å². The second-order valence-electron chi connectivity index (χ2n) is 4.97. The monoisotopic (exact) mass is 338 g/mol. The molecule has 1 atom stereocenters. The normalized spacial score (nSPS) is 12.0. The Balaban J connectivity index is 2.12. The van der Waals surface area contributed by atoms with Crippen LogP contribution in [0.1, 0.15) is 17.4 Å². The van der Waals surface area contributed by atoms with Crippen molar-refractivity contribution in [2.24, 2.45) is 5.92 Å². The highest BCUT2D eigenvalue weighted by atomic mass is 35.5. The van der Waals surface area contributed by atoms with Crippen LogP contribution in [0, 0.1) is 5.92 Å². The molecule has 0 aliphatic heterocycles. The summed E-state index contributed by atoms with van der Waals surface area (Å²) < 4.78 is 0. The number of carboxylic acids is 1. The van der Waals surface area contributed by atoms with Gasteiger partial charge in [0.05, 0.1) is 5.92 Å². The van der Waals surface area contributed by atoms with Gasteiger partial charge < -0.3 is 10.0 Å². The summed E-state index contributed by atoms with van der Waals surface area (Å²) in [6.45, 7) is 1.70. The molecule has 1 unspecified atom stereocenters. The summed E-state index contributed by atoms with van der Waals surface area (Å²) in [5, 5.41) is 11.9. The number of amides is 1. The molecule has 0 aliphatic rings. The van der Waals surface area contributed by atoms with Gasteiger partial charge in [0.2, 0.25) is 0 Å². The van der Waals surface area contributed by atoms with Crippen molar-refractivity contribution in [1.29, 1.82) is 0 Å². The predicted molar refractivity (Wildman–Crippen MR) is 86.3 cm³/mol. The number of carboxylic acid groups (broad SMARTS) is 1. The second kappa shape index (κ2) is 6.89. The molecular weight excluding hydrogens is 324 g/mol. The minimum atomic E-state index is -0.931. The molecule has 1 amide bonds. The summed E-state index contributed by atoms with van der Waals surface area (Å²) in [7, 11) is 1.57. The number of aliphatic carboxylic acids is 1. The maximum atomic E-state index is 12.3. The van der Waals surface area contributed by atoms with Crippen LogP contribution in [-0.2, 0) is 4.79 Å². The van der Waals surface area contributed by atoms with Crippen molar-refractivity contribution >= 4 is 34.8 Å². The van der Waals surface area contributed by atoms with E-state index in [1.54, 1.807) is 31.5 Å². The van der Waals surface area contributed by atoms with Crippen molar-refractivity contribution in [3.63, 3.8) is 0 Å². The van der Waals surface area contributed by atoms with Gasteiger partial charge in [0.25, 0.3) is 5.91 Å². The molecule has 1 heterocycles. The van der Waals surface area contributed by atoms with E-state index in [2.05, 4.69) is 4.98 Å². The number of hydrogen-bond acceptors (Lipinski definition) is 4. The van der Waals surface area contributed by atoms with Crippen LogP contribution in [0.3, 0.4) is 0 Å².